The molecule has 0 radical (unpaired) electrons. The first-order valence-electron chi connectivity index (χ1n) is 8.34. The van der Waals surface area contributed by atoms with Crippen molar-refractivity contribution in [3.63, 3.8) is 0 Å². The van der Waals surface area contributed by atoms with Gasteiger partial charge in [0.1, 0.15) is 9.22 Å². The Morgan fingerprint density at radius 2 is 2.32 bits per heavy atom. The van der Waals surface area contributed by atoms with Crippen molar-refractivity contribution in [3.8, 4) is 0 Å². The number of hydrogen-bond acceptors (Lipinski definition) is 5. The molecule has 3 N–H and O–H groups in total. The van der Waals surface area contributed by atoms with Crippen molar-refractivity contribution >= 4 is 39.7 Å². The molecule has 1 fully saturated rings. The van der Waals surface area contributed by atoms with Gasteiger partial charge < -0.3 is 20.3 Å². The van der Waals surface area contributed by atoms with E-state index in [2.05, 4.69) is 38.0 Å². The van der Waals surface area contributed by atoms with Crippen LogP contribution in [0.4, 0.5) is 4.79 Å². The van der Waals surface area contributed by atoms with Gasteiger partial charge in [0.05, 0.1) is 12.1 Å². The van der Waals surface area contributed by atoms with Crippen LogP contribution in [0, 0.1) is 3.70 Å². The maximum Gasteiger partial charge on any atom is 0.404 e. The van der Waals surface area contributed by atoms with Crippen molar-refractivity contribution < 1.29 is 19.7 Å². The monoisotopic (exact) mass is 460 g/mol. The van der Waals surface area contributed by atoms with E-state index < -0.39 is 6.09 Å². The van der Waals surface area contributed by atoms with E-state index in [1.807, 2.05) is 16.8 Å². The Hall–Kier alpha value is -1.46. The number of rotatable bonds is 6. The summed E-state index contributed by atoms with van der Waals surface area (Å²) in [5.41, 5.74) is 2.45. The summed E-state index contributed by atoms with van der Waals surface area (Å²) in [6.45, 7) is 0.931. The van der Waals surface area contributed by atoms with Crippen LogP contribution in [0.1, 0.15) is 43.5 Å². The van der Waals surface area contributed by atoms with E-state index in [1.165, 1.54) is 0 Å². The Morgan fingerprint density at radius 3 is 3.00 bits per heavy atom. The molecule has 0 aliphatic carbocycles. The zero-order chi connectivity index (χ0) is 17.8. The van der Waals surface area contributed by atoms with E-state index in [4.69, 9.17) is 9.84 Å². The zero-order valence-corrected chi connectivity index (χ0v) is 15.8. The second-order valence-electron chi connectivity index (χ2n) is 6.06. The fraction of sp³-hybridized carbons (Fsp3) is 0.562. The standard InChI is InChI=1S/C16H21IN4O4/c17-15-14-12(21(20-15)13-3-1-2-8-25-13)5-4-11(19-14)10(9-22)6-7-18-16(23)24/h4-5,10,13,18,22H,1-3,6-9H2,(H,23,24)/t10-,13?/m0/s1. The molecule has 1 amide bonds. The molecule has 8 nitrogen and oxygen atoms in total. The molecule has 0 aromatic carbocycles. The highest BCUT2D eigenvalue weighted by molar-refractivity contribution is 14.1. The topological polar surface area (TPSA) is 110 Å². The maximum absolute atomic E-state index is 10.6. The normalized spacial score (nSPS) is 19.0. The molecule has 1 unspecified atom stereocenters. The smallest absolute Gasteiger partial charge is 0.404 e. The highest BCUT2D eigenvalue weighted by Crippen LogP contribution is 2.29. The van der Waals surface area contributed by atoms with Gasteiger partial charge in [0, 0.05) is 24.8 Å². The number of nitrogens with zero attached hydrogens (tertiary/aromatic N) is 3. The first-order chi connectivity index (χ1) is 12.1. The second kappa shape index (κ2) is 8.28. The molecule has 0 spiro atoms. The lowest BCUT2D eigenvalue weighted by Crippen LogP contribution is -2.24. The van der Waals surface area contributed by atoms with Crippen LogP contribution >= 0.6 is 22.6 Å². The molecule has 0 bridgehead atoms. The van der Waals surface area contributed by atoms with Crippen molar-refractivity contribution in [2.24, 2.45) is 0 Å². The lowest BCUT2D eigenvalue weighted by molar-refractivity contribution is -0.0368. The van der Waals surface area contributed by atoms with Crippen LogP contribution in [0.15, 0.2) is 12.1 Å². The number of amides is 1. The van der Waals surface area contributed by atoms with Gasteiger partial charge in [0.15, 0.2) is 6.23 Å². The van der Waals surface area contributed by atoms with Gasteiger partial charge in [-0.25, -0.2) is 14.5 Å². The summed E-state index contributed by atoms with van der Waals surface area (Å²) in [7, 11) is 0. The number of pyridine rings is 1. The van der Waals surface area contributed by atoms with Gasteiger partial charge in [0.25, 0.3) is 0 Å². The summed E-state index contributed by atoms with van der Waals surface area (Å²) in [5.74, 6) is -0.221. The van der Waals surface area contributed by atoms with E-state index in [-0.39, 0.29) is 25.3 Å². The van der Waals surface area contributed by atoms with Gasteiger partial charge >= 0.3 is 6.09 Å². The number of nitrogens with one attached hydrogen (secondary N) is 1. The number of ether oxygens (including phenoxy) is 1. The molecule has 1 aliphatic heterocycles. The minimum atomic E-state index is -1.07. The lowest BCUT2D eigenvalue weighted by atomic mass is 10.0. The van der Waals surface area contributed by atoms with Gasteiger partial charge in [0.2, 0.25) is 0 Å². The number of halogens is 1. The van der Waals surface area contributed by atoms with Crippen LogP contribution in [0.5, 0.6) is 0 Å². The fourth-order valence-corrected chi connectivity index (χ4v) is 3.68. The van der Waals surface area contributed by atoms with Crippen LogP contribution in [-0.4, -0.2) is 50.8 Å². The SMILES string of the molecule is O=C(O)NCC[C@@H](CO)c1ccc2c(n1)c(I)nn2C1CCCCO1. The fourth-order valence-electron chi connectivity index (χ4n) is 3.05. The number of aliphatic hydroxyl groups is 1. The van der Waals surface area contributed by atoms with Crippen molar-refractivity contribution in [1.82, 2.24) is 20.1 Å². The molecule has 1 saturated heterocycles. The predicted octanol–water partition coefficient (Wildman–Crippen LogP) is 2.47. The van der Waals surface area contributed by atoms with E-state index in [1.54, 1.807) is 0 Å². The Balaban J connectivity index is 1.84. The number of hydrogen-bond donors (Lipinski definition) is 3. The maximum atomic E-state index is 10.6. The number of aromatic nitrogens is 3. The van der Waals surface area contributed by atoms with Crippen LogP contribution in [0.2, 0.25) is 0 Å². The van der Waals surface area contributed by atoms with Crippen LogP contribution in [-0.2, 0) is 4.74 Å². The predicted molar refractivity (Wildman–Crippen MR) is 99.6 cm³/mol. The minimum absolute atomic E-state index is 0.0548. The molecule has 1 aliphatic rings. The summed E-state index contributed by atoms with van der Waals surface area (Å²) in [6, 6.07) is 3.83. The number of aliphatic hydroxyl groups excluding tert-OH is 1. The highest BCUT2D eigenvalue weighted by Gasteiger charge is 2.22. The zero-order valence-electron chi connectivity index (χ0n) is 13.7. The summed E-state index contributed by atoms with van der Waals surface area (Å²) in [6.07, 6.45) is 2.51. The second-order valence-corrected chi connectivity index (χ2v) is 7.08. The van der Waals surface area contributed by atoms with Gasteiger partial charge in [-0.1, -0.05) is 0 Å². The van der Waals surface area contributed by atoms with Crippen LogP contribution in [0.25, 0.3) is 11.0 Å². The van der Waals surface area contributed by atoms with E-state index in [0.29, 0.717) is 6.42 Å². The van der Waals surface area contributed by atoms with Crippen molar-refractivity contribution in [2.45, 2.75) is 37.8 Å². The average Bonchev–Trinajstić information content (AvgIpc) is 2.96. The highest BCUT2D eigenvalue weighted by atomic mass is 127. The van der Waals surface area contributed by atoms with Crippen molar-refractivity contribution in [1.29, 1.82) is 0 Å². The third-order valence-corrected chi connectivity index (χ3v) is 5.10. The number of carbonyl (C=O) groups is 1. The van der Waals surface area contributed by atoms with Crippen LogP contribution in [0.3, 0.4) is 0 Å². The number of carboxylic acid groups (broad SMARTS) is 1. The molecule has 3 rings (SSSR count). The lowest BCUT2D eigenvalue weighted by Gasteiger charge is -2.23. The summed E-state index contributed by atoms with van der Waals surface area (Å²) in [5, 5.41) is 25.2. The third-order valence-electron chi connectivity index (χ3n) is 4.37. The van der Waals surface area contributed by atoms with E-state index >= 15 is 0 Å². The molecule has 136 valence electrons. The van der Waals surface area contributed by atoms with E-state index in [0.717, 1.165) is 46.3 Å². The Morgan fingerprint density at radius 1 is 1.48 bits per heavy atom. The molecule has 3 heterocycles. The number of fused-ring (bicyclic) bond motifs is 1. The Bertz CT molecular complexity index is 745. The van der Waals surface area contributed by atoms with Crippen molar-refractivity contribution in [2.75, 3.05) is 19.8 Å². The quantitative estimate of drug-likeness (QED) is 0.572. The third kappa shape index (κ3) is 4.21. The summed E-state index contributed by atoms with van der Waals surface area (Å²) in [4.78, 5) is 15.2. The Kier molecular flexibility index (Phi) is 6.07. The van der Waals surface area contributed by atoms with Gasteiger partial charge in [-0.15, -0.1) is 0 Å². The molecule has 25 heavy (non-hydrogen) atoms. The molecular formula is C16H21IN4O4. The summed E-state index contributed by atoms with van der Waals surface area (Å²) < 4.78 is 8.52. The minimum Gasteiger partial charge on any atom is -0.465 e. The molecule has 2 atom stereocenters. The largest absolute Gasteiger partial charge is 0.465 e. The van der Waals surface area contributed by atoms with Gasteiger partial charge in [-0.3, -0.25) is 0 Å². The first-order valence-corrected chi connectivity index (χ1v) is 9.42. The average molecular weight is 460 g/mol. The van der Waals surface area contributed by atoms with Gasteiger partial charge in [-0.05, 0) is 60.4 Å². The summed E-state index contributed by atoms with van der Waals surface area (Å²) >= 11 is 2.16. The van der Waals surface area contributed by atoms with Crippen molar-refractivity contribution in [3.05, 3.63) is 21.5 Å². The first kappa shape index (κ1) is 18.3. The molecule has 2 aromatic rings. The molecule has 2 aromatic heterocycles. The molecule has 9 heteroatoms. The molecular weight excluding hydrogens is 439 g/mol. The van der Waals surface area contributed by atoms with Crippen LogP contribution < -0.4 is 5.32 Å². The molecule has 0 saturated carbocycles. The van der Waals surface area contributed by atoms with Gasteiger partial charge in [-0.2, -0.15) is 5.10 Å². The van der Waals surface area contributed by atoms with E-state index in [9.17, 15) is 9.90 Å². The Labute approximate surface area is 158 Å².